The number of carbonyl (C=O) groups excluding carboxylic acids is 1. The minimum absolute atomic E-state index is 0.0187. The van der Waals surface area contributed by atoms with Gasteiger partial charge in [-0.15, -0.1) is 0 Å². The van der Waals surface area contributed by atoms with Crippen LogP contribution in [0.2, 0.25) is 0 Å². The minimum Gasteiger partial charge on any atom is -0.493 e. The summed E-state index contributed by atoms with van der Waals surface area (Å²) in [4.78, 5) is 24.3. The Bertz CT molecular complexity index is 795. The molecule has 0 fully saturated rings. The summed E-state index contributed by atoms with van der Waals surface area (Å²) in [6.45, 7) is 1.10. The van der Waals surface area contributed by atoms with Crippen molar-refractivity contribution in [1.29, 1.82) is 0 Å². The highest BCUT2D eigenvalue weighted by Gasteiger charge is 2.38. The minimum atomic E-state index is -1.19. The van der Waals surface area contributed by atoms with Gasteiger partial charge in [0.25, 0.3) is 0 Å². The number of ether oxygens (including phenoxy) is 3. The fourth-order valence-corrected chi connectivity index (χ4v) is 3.02. The average Bonchev–Trinajstić information content (AvgIpc) is 2.65. The first-order valence-corrected chi connectivity index (χ1v) is 7.74. The van der Waals surface area contributed by atoms with Crippen LogP contribution < -0.4 is 14.8 Å². The number of aliphatic carboxylic acids is 1. The van der Waals surface area contributed by atoms with E-state index in [1.807, 2.05) is 0 Å². The normalized spacial score (nSPS) is 16.9. The Labute approximate surface area is 150 Å². The van der Waals surface area contributed by atoms with Crippen LogP contribution in [0.5, 0.6) is 11.5 Å². The average molecular weight is 363 g/mol. The Morgan fingerprint density at radius 1 is 1.12 bits per heavy atom. The van der Waals surface area contributed by atoms with Gasteiger partial charge in [-0.05, 0) is 24.6 Å². The number of nitrogens with one attached hydrogen (secondary N) is 1. The van der Waals surface area contributed by atoms with Crippen LogP contribution in [0.3, 0.4) is 0 Å². The van der Waals surface area contributed by atoms with Gasteiger partial charge in [-0.2, -0.15) is 0 Å². The largest absolute Gasteiger partial charge is 0.493 e. The molecular weight excluding hydrogens is 342 g/mol. The second-order valence-electron chi connectivity index (χ2n) is 5.56. The number of aliphatic hydroxyl groups excluding tert-OH is 1. The summed E-state index contributed by atoms with van der Waals surface area (Å²) in [5, 5.41) is 22.1. The van der Waals surface area contributed by atoms with Gasteiger partial charge >= 0.3 is 11.9 Å². The van der Waals surface area contributed by atoms with Gasteiger partial charge in [0.05, 0.1) is 50.7 Å². The molecule has 1 aliphatic rings. The first kappa shape index (κ1) is 19.3. The standard InChI is InChI=1S/C18H21NO7/c1-9-14(17(21)22)15(16(18(23)26-4)11(8-20)19-9)10-5-6-12(24-2)13(7-10)25-3/h5-7,15,19-20H,8H2,1-4H3,(H,21,22). The molecule has 1 heterocycles. The van der Waals surface area contributed by atoms with Crippen molar-refractivity contribution in [2.75, 3.05) is 27.9 Å². The van der Waals surface area contributed by atoms with E-state index >= 15 is 0 Å². The maximum atomic E-state index is 12.4. The van der Waals surface area contributed by atoms with Crippen molar-refractivity contribution in [2.24, 2.45) is 0 Å². The summed E-state index contributed by atoms with van der Waals surface area (Å²) in [5.74, 6) is -2.00. The molecule has 0 saturated heterocycles. The summed E-state index contributed by atoms with van der Waals surface area (Å²) in [6.07, 6.45) is 0. The molecule has 2 rings (SSSR count). The monoisotopic (exact) mass is 363 g/mol. The molecule has 0 saturated carbocycles. The number of carbonyl (C=O) groups is 2. The number of carboxylic acid groups (broad SMARTS) is 1. The van der Waals surface area contributed by atoms with Crippen LogP contribution in [-0.2, 0) is 14.3 Å². The van der Waals surface area contributed by atoms with Gasteiger partial charge in [0.1, 0.15) is 0 Å². The number of benzene rings is 1. The lowest BCUT2D eigenvalue weighted by Gasteiger charge is -2.30. The quantitative estimate of drug-likeness (QED) is 0.645. The van der Waals surface area contributed by atoms with Crippen molar-refractivity contribution in [3.8, 4) is 11.5 Å². The number of hydrogen-bond donors (Lipinski definition) is 3. The van der Waals surface area contributed by atoms with E-state index in [0.29, 0.717) is 22.8 Å². The van der Waals surface area contributed by atoms with Crippen molar-refractivity contribution in [2.45, 2.75) is 12.8 Å². The molecule has 0 spiro atoms. The van der Waals surface area contributed by atoms with Gasteiger partial charge in [0, 0.05) is 5.70 Å². The molecule has 140 valence electrons. The molecule has 1 aromatic carbocycles. The van der Waals surface area contributed by atoms with Crippen molar-refractivity contribution in [3.63, 3.8) is 0 Å². The first-order chi connectivity index (χ1) is 12.4. The summed E-state index contributed by atoms with van der Waals surface area (Å²) in [6, 6.07) is 4.87. The van der Waals surface area contributed by atoms with Gasteiger partial charge in [-0.25, -0.2) is 9.59 Å². The predicted octanol–water partition coefficient (Wildman–Crippen LogP) is 1.17. The zero-order valence-corrected chi connectivity index (χ0v) is 15.0. The molecule has 3 N–H and O–H groups in total. The molecule has 8 nitrogen and oxygen atoms in total. The number of allylic oxidation sites excluding steroid dienone is 1. The molecular formula is C18H21NO7. The van der Waals surface area contributed by atoms with E-state index in [1.165, 1.54) is 21.3 Å². The Hall–Kier alpha value is -3.00. The van der Waals surface area contributed by atoms with Crippen molar-refractivity contribution >= 4 is 11.9 Å². The lowest BCUT2D eigenvalue weighted by molar-refractivity contribution is -0.136. The van der Waals surface area contributed by atoms with Crippen LogP contribution in [0, 0.1) is 0 Å². The summed E-state index contributed by atoms with van der Waals surface area (Å²) in [7, 11) is 4.14. The summed E-state index contributed by atoms with van der Waals surface area (Å²) < 4.78 is 15.3. The third-order valence-electron chi connectivity index (χ3n) is 4.18. The molecule has 1 unspecified atom stereocenters. The Balaban J connectivity index is 2.75. The number of methoxy groups -OCH3 is 3. The van der Waals surface area contributed by atoms with E-state index in [2.05, 4.69) is 5.32 Å². The molecule has 0 amide bonds. The SMILES string of the molecule is COC(=O)C1=C(CO)NC(C)=C(C(=O)O)C1c1ccc(OC)c(OC)c1. The van der Waals surface area contributed by atoms with Gasteiger partial charge in [0.15, 0.2) is 11.5 Å². The highest BCUT2D eigenvalue weighted by molar-refractivity contribution is 5.99. The van der Waals surface area contributed by atoms with Gasteiger partial charge in [-0.3, -0.25) is 0 Å². The number of carboxylic acids is 1. The number of esters is 1. The number of rotatable bonds is 6. The smallest absolute Gasteiger partial charge is 0.336 e. The zero-order chi connectivity index (χ0) is 19.4. The van der Waals surface area contributed by atoms with Crippen molar-refractivity contribution < 1.29 is 34.0 Å². The predicted molar refractivity (Wildman–Crippen MR) is 91.9 cm³/mol. The second-order valence-corrected chi connectivity index (χ2v) is 5.56. The van der Waals surface area contributed by atoms with Gasteiger partial charge < -0.3 is 29.7 Å². The number of hydrogen-bond acceptors (Lipinski definition) is 7. The van der Waals surface area contributed by atoms with Crippen LogP contribution in [0.1, 0.15) is 18.4 Å². The lowest BCUT2D eigenvalue weighted by Crippen LogP contribution is -2.33. The maximum Gasteiger partial charge on any atom is 0.336 e. The highest BCUT2D eigenvalue weighted by Crippen LogP contribution is 2.41. The number of dihydropyridines is 1. The Morgan fingerprint density at radius 2 is 1.77 bits per heavy atom. The molecule has 8 heteroatoms. The molecule has 1 aromatic rings. The first-order valence-electron chi connectivity index (χ1n) is 7.74. The van der Waals surface area contributed by atoms with Crippen LogP contribution in [0.25, 0.3) is 0 Å². The van der Waals surface area contributed by atoms with Gasteiger partial charge in [0.2, 0.25) is 0 Å². The fraction of sp³-hybridized carbons (Fsp3) is 0.333. The van der Waals surface area contributed by atoms with E-state index in [4.69, 9.17) is 14.2 Å². The molecule has 1 aliphatic heterocycles. The zero-order valence-electron chi connectivity index (χ0n) is 15.0. The van der Waals surface area contributed by atoms with E-state index < -0.39 is 24.5 Å². The van der Waals surface area contributed by atoms with Crippen molar-refractivity contribution in [1.82, 2.24) is 5.32 Å². The Kier molecular flexibility index (Phi) is 5.89. The van der Waals surface area contributed by atoms with Gasteiger partial charge in [-0.1, -0.05) is 6.07 Å². The third kappa shape index (κ3) is 3.36. The fourth-order valence-electron chi connectivity index (χ4n) is 3.02. The third-order valence-corrected chi connectivity index (χ3v) is 4.18. The molecule has 0 radical (unpaired) electrons. The van der Waals surface area contributed by atoms with Crippen LogP contribution >= 0.6 is 0 Å². The summed E-state index contributed by atoms with van der Waals surface area (Å²) in [5.41, 5.74) is 1.03. The summed E-state index contributed by atoms with van der Waals surface area (Å²) >= 11 is 0. The van der Waals surface area contributed by atoms with E-state index in [0.717, 1.165) is 0 Å². The molecule has 26 heavy (non-hydrogen) atoms. The van der Waals surface area contributed by atoms with Crippen LogP contribution in [0.15, 0.2) is 40.7 Å². The molecule has 0 aliphatic carbocycles. The maximum absolute atomic E-state index is 12.4. The van der Waals surface area contributed by atoms with Crippen LogP contribution in [0.4, 0.5) is 0 Å². The molecule has 1 atom stereocenters. The second kappa shape index (κ2) is 7.92. The van der Waals surface area contributed by atoms with E-state index in [1.54, 1.807) is 25.1 Å². The van der Waals surface area contributed by atoms with E-state index in [9.17, 15) is 19.8 Å². The van der Waals surface area contributed by atoms with Crippen molar-refractivity contribution in [3.05, 3.63) is 46.3 Å². The topological polar surface area (TPSA) is 114 Å². The highest BCUT2D eigenvalue weighted by atomic mass is 16.5. The molecule has 0 aromatic heterocycles. The molecule has 0 bridgehead atoms. The van der Waals surface area contributed by atoms with Crippen LogP contribution in [-0.4, -0.2) is 50.1 Å². The number of aliphatic hydroxyl groups is 1. The van der Waals surface area contributed by atoms with E-state index in [-0.39, 0.29) is 16.8 Å². The lowest BCUT2D eigenvalue weighted by atomic mass is 9.80. The Morgan fingerprint density at radius 3 is 2.27 bits per heavy atom.